The maximum atomic E-state index is 12.2. The molecule has 1 heterocycles. The smallest absolute Gasteiger partial charge is 0.311 e. The standard InChI is InChI=1S/C17H23NO5/c1-12-4-5-13(14(10-12)22-3)23-9-6-15(19)18-8-7-17(2,11-18)16(20)21/h4-5,10H,6-9,11H2,1-3H3,(H,20,21)/t17-/m1/s1. The molecule has 1 aromatic rings. The minimum atomic E-state index is -0.853. The average molecular weight is 321 g/mol. The van der Waals surface area contributed by atoms with Gasteiger partial charge < -0.3 is 19.5 Å². The number of nitrogens with zero attached hydrogens (tertiary/aromatic N) is 1. The zero-order chi connectivity index (χ0) is 17.0. The van der Waals surface area contributed by atoms with Crippen molar-refractivity contribution in [3.63, 3.8) is 0 Å². The quantitative estimate of drug-likeness (QED) is 0.868. The van der Waals surface area contributed by atoms with Gasteiger partial charge in [0.2, 0.25) is 5.91 Å². The molecule has 1 atom stereocenters. The summed E-state index contributed by atoms with van der Waals surface area (Å²) in [5.41, 5.74) is 0.228. The Kier molecular flexibility index (Phi) is 5.13. The molecule has 0 saturated carbocycles. The van der Waals surface area contributed by atoms with Crippen LogP contribution in [0.15, 0.2) is 18.2 Å². The Labute approximate surface area is 136 Å². The Hall–Kier alpha value is -2.24. The number of carbonyl (C=O) groups is 2. The van der Waals surface area contributed by atoms with E-state index in [1.807, 2.05) is 25.1 Å². The summed E-state index contributed by atoms with van der Waals surface area (Å²) in [5, 5.41) is 9.20. The van der Waals surface area contributed by atoms with Crippen molar-refractivity contribution in [2.24, 2.45) is 5.41 Å². The fraction of sp³-hybridized carbons (Fsp3) is 0.529. The molecular formula is C17H23NO5. The van der Waals surface area contributed by atoms with Crippen molar-refractivity contribution < 1.29 is 24.2 Å². The van der Waals surface area contributed by atoms with Crippen molar-refractivity contribution >= 4 is 11.9 Å². The van der Waals surface area contributed by atoms with Crippen LogP contribution in [0.4, 0.5) is 0 Å². The Morgan fingerprint density at radius 1 is 1.35 bits per heavy atom. The fourth-order valence-corrected chi connectivity index (χ4v) is 2.65. The predicted molar refractivity (Wildman–Crippen MR) is 84.8 cm³/mol. The van der Waals surface area contributed by atoms with Gasteiger partial charge in [0.25, 0.3) is 0 Å². The summed E-state index contributed by atoms with van der Waals surface area (Å²) in [6.07, 6.45) is 0.702. The monoisotopic (exact) mass is 321 g/mol. The molecule has 0 unspecified atom stereocenters. The second kappa shape index (κ2) is 6.89. The molecule has 1 aliphatic heterocycles. The van der Waals surface area contributed by atoms with E-state index in [-0.39, 0.29) is 25.5 Å². The molecule has 1 amide bonds. The minimum Gasteiger partial charge on any atom is -0.493 e. The van der Waals surface area contributed by atoms with Crippen molar-refractivity contribution in [3.05, 3.63) is 23.8 Å². The maximum Gasteiger partial charge on any atom is 0.311 e. The number of carboxylic acids is 1. The number of carboxylic acid groups (broad SMARTS) is 1. The number of aryl methyl sites for hydroxylation is 1. The number of rotatable bonds is 6. The first kappa shape index (κ1) is 17.1. The lowest BCUT2D eigenvalue weighted by Gasteiger charge is -2.20. The predicted octanol–water partition coefficient (Wildman–Crippen LogP) is 2.10. The van der Waals surface area contributed by atoms with E-state index < -0.39 is 11.4 Å². The molecule has 1 fully saturated rings. The Bertz CT molecular complexity index is 601. The molecule has 2 rings (SSSR count). The van der Waals surface area contributed by atoms with Gasteiger partial charge in [0.1, 0.15) is 0 Å². The van der Waals surface area contributed by atoms with E-state index in [9.17, 15) is 14.7 Å². The first-order chi connectivity index (χ1) is 10.9. The van der Waals surface area contributed by atoms with E-state index >= 15 is 0 Å². The van der Waals surface area contributed by atoms with E-state index in [1.54, 1.807) is 18.9 Å². The van der Waals surface area contributed by atoms with Crippen LogP contribution in [0.25, 0.3) is 0 Å². The zero-order valence-corrected chi connectivity index (χ0v) is 13.8. The van der Waals surface area contributed by atoms with E-state index in [0.717, 1.165) is 5.56 Å². The molecule has 0 bridgehead atoms. The second-order valence-electron chi connectivity index (χ2n) is 6.18. The average Bonchev–Trinajstić information content (AvgIpc) is 2.92. The molecule has 23 heavy (non-hydrogen) atoms. The van der Waals surface area contributed by atoms with Crippen molar-refractivity contribution in [1.29, 1.82) is 0 Å². The Morgan fingerprint density at radius 2 is 2.09 bits per heavy atom. The number of carbonyl (C=O) groups excluding carboxylic acids is 1. The molecule has 0 spiro atoms. The first-order valence-electron chi connectivity index (χ1n) is 7.64. The molecular weight excluding hydrogens is 298 g/mol. The van der Waals surface area contributed by atoms with Crippen LogP contribution in [-0.2, 0) is 9.59 Å². The summed E-state index contributed by atoms with van der Waals surface area (Å²) in [6, 6.07) is 5.60. The van der Waals surface area contributed by atoms with Gasteiger partial charge in [-0.15, -0.1) is 0 Å². The van der Waals surface area contributed by atoms with Crippen molar-refractivity contribution in [3.8, 4) is 11.5 Å². The molecule has 1 saturated heterocycles. The van der Waals surface area contributed by atoms with Gasteiger partial charge in [0.15, 0.2) is 11.5 Å². The van der Waals surface area contributed by atoms with Crippen molar-refractivity contribution in [1.82, 2.24) is 4.90 Å². The first-order valence-corrected chi connectivity index (χ1v) is 7.64. The number of methoxy groups -OCH3 is 1. The van der Waals surface area contributed by atoms with Crippen LogP contribution in [0, 0.1) is 12.3 Å². The highest BCUT2D eigenvalue weighted by Gasteiger charge is 2.41. The molecule has 0 radical (unpaired) electrons. The maximum absolute atomic E-state index is 12.2. The highest BCUT2D eigenvalue weighted by molar-refractivity contribution is 5.80. The molecule has 1 aromatic carbocycles. The van der Waals surface area contributed by atoms with Gasteiger partial charge >= 0.3 is 5.97 Å². The molecule has 126 valence electrons. The SMILES string of the molecule is COc1cc(C)ccc1OCCC(=O)N1CC[C@@](C)(C(=O)O)C1. The van der Waals surface area contributed by atoms with Gasteiger partial charge in [-0.2, -0.15) is 0 Å². The second-order valence-corrected chi connectivity index (χ2v) is 6.18. The van der Waals surface area contributed by atoms with Gasteiger partial charge in [-0.25, -0.2) is 0 Å². The van der Waals surface area contributed by atoms with Crippen LogP contribution >= 0.6 is 0 Å². The third-order valence-electron chi connectivity index (χ3n) is 4.23. The molecule has 1 aliphatic rings. The van der Waals surface area contributed by atoms with E-state index in [1.165, 1.54) is 0 Å². The number of aliphatic carboxylic acids is 1. The van der Waals surface area contributed by atoms with Gasteiger partial charge in [-0.1, -0.05) is 6.07 Å². The third-order valence-corrected chi connectivity index (χ3v) is 4.23. The summed E-state index contributed by atoms with van der Waals surface area (Å²) >= 11 is 0. The van der Waals surface area contributed by atoms with E-state index in [0.29, 0.717) is 24.5 Å². The summed E-state index contributed by atoms with van der Waals surface area (Å²) in [7, 11) is 1.57. The van der Waals surface area contributed by atoms with Gasteiger partial charge in [0, 0.05) is 13.1 Å². The van der Waals surface area contributed by atoms with Crippen LogP contribution < -0.4 is 9.47 Å². The van der Waals surface area contributed by atoms with Crippen molar-refractivity contribution in [2.45, 2.75) is 26.7 Å². The van der Waals surface area contributed by atoms with Crippen LogP contribution in [-0.4, -0.2) is 48.7 Å². The number of amides is 1. The lowest BCUT2D eigenvalue weighted by molar-refractivity contribution is -0.147. The number of benzene rings is 1. The van der Waals surface area contributed by atoms with Crippen molar-refractivity contribution in [2.75, 3.05) is 26.8 Å². The van der Waals surface area contributed by atoms with Crippen LogP contribution in [0.5, 0.6) is 11.5 Å². The van der Waals surface area contributed by atoms with Crippen LogP contribution in [0.2, 0.25) is 0 Å². The van der Waals surface area contributed by atoms with Gasteiger partial charge in [-0.3, -0.25) is 9.59 Å². The highest BCUT2D eigenvalue weighted by Crippen LogP contribution is 2.31. The summed E-state index contributed by atoms with van der Waals surface area (Å²) in [5.74, 6) is 0.300. The fourth-order valence-electron chi connectivity index (χ4n) is 2.65. The van der Waals surface area contributed by atoms with E-state index in [4.69, 9.17) is 9.47 Å². The van der Waals surface area contributed by atoms with Gasteiger partial charge in [-0.05, 0) is 38.0 Å². The Morgan fingerprint density at radius 3 is 2.70 bits per heavy atom. The largest absolute Gasteiger partial charge is 0.493 e. The summed E-state index contributed by atoms with van der Waals surface area (Å²) < 4.78 is 10.9. The minimum absolute atomic E-state index is 0.0824. The lowest BCUT2D eigenvalue weighted by atomic mass is 9.90. The molecule has 0 aromatic heterocycles. The molecule has 6 nitrogen and oxygen atoms in total. The summed E-state index contributed by atoms with van der Waals surface area (Å²) in [4.78, 5) is 25.0. The number of hydrogen-bond acceptors (Lipinski definition) is 4. The summed E-state index contributed by atoms with van der Waals surface area (Å²) in [6.45, 7) is 4.61. The van der Waals surface area contributed by atoms with Crippen LogP contribution in [0.1, 0.15) is 25.3 Å². The number of hydrogen-bond donors (Lipinski definition) is 1. The van der Waals surface area contributed by atoms with E-state index in [2.05, 4.69) is 0 Å². The molecule has 1 N–H and O–H groups in total. The van der Waals surface area contributed by atoms with Gasteiger partial charge in [0.05, 0.1) is 25.6 Å². The highest BCUT2D eigenvalue weighted by atomic mass is 16.5. The van der Waals surface area contributed by atoms with Crippen LogP contribution in [0.3, 0.4) is 0 Å². The Balaban J connectivity index is 1.85. The normalized spacial score (nSPS) is 20.4. The molecule has 6 heteroatoms. The number of ether oxygens (including phenoxy) is 2. The number of likely N-dealkylation sites (tertiary alicyclic amines) is 1. The topological polar surface area (TPSA) is 76.1 Å². The molecule has 0 aliphatic carbocycles. The third kappa shape index (κ3) is 3.94. The lowest BCUT2D eigenvalue weighted by Crippen LogP contribution is -2.35. The zero-order valence-electron chi connectivity index (χ0n) is 13.8.